The Morgan fingerprint density at radius 2 is 1.15 bits per heavy atom. The van der Waals surface area contributed by atoms with Crippen LogP contribution in [-0.4, -0.2) is 54.8 Å². The zero-order chi connectivity index (χ0) is 24.9. The highest BCUT2D eigenvalue weighted by Gasteiger charge is 2.50. The van der Waals surface area contributed by atoms with Gasteiger partial charge in [0.1, 0.15) is 17.4 Å². The van der Waals surface area contributed by atoms with E-state index >= 15 is 0 Å². The number of nitrogens with zero attached hydrogens (tertiary/aromatic N) is 1. The molecule has 1 heterocycles. The van der Waals surface area contributed by atoms with Crippen molar-refractivity contribution < 1.29 is 28.6 Å². The van der Waals surface area contributed by atoms with E-state index in [1.807, 2.05) is 60.7 Å². The molecule has 34 heavy (non-hydrogen) atoms. The van der Waals surface area contributed by atoms with Crippen LogP contribution >= 0.6 is 0 Å². The molecule has 7 heteroatoms. The average molecular weight is 468 g/mol. The number of ether oxygens (including phenoxy) is 3. The largest absolute Gasteiger partial charge is 0.468 e. The third-order valence-corrected chi connectivity index (χ3v) is 6.07. The number of likely N-dealkylation sites (tertiary alicyclic amines) is 1. The second-order valence-corrected chi connectivity index (χ2v) is 9.42. The van der Waals surface area contributed by atoms with E-state index in [9.17, 15) is 14.4 Å². The van der Waals surface area contributed by atoms with Crippen LogP contribution in [0, 0.1) is 0 Å². The molecular formula is C27H33NO6. The highest BCUT2D eigenvalue weighted by atomic mass is 16.6. The van der Waals surface area contributed by atoms with Gasteiger partial charge in [-0.3, -0.25) is 14.5 Å². The first-order valence-electron chi connectivity index (χ1n) is 11.4. The third-order valence-electron chi connectivity index (χ3n) is 6.07. The number of hydrogen-bond acceptors (Lipinski definition) is 6. The number of carbonyl (C=O) groups excluding carboxylic acids is 3. The van der Waals surface area contributed by atoms with Gasteiger partial charge in [-0.25, -0.2) is 4.79 Å². The summed E-state index contributed by atoms with van der Waals surface area (Å²) in [6, 6.07) is 17.4. The lowest BCUT2D eigenvalue weighted by atomic mass is 9.90. The van der Waals surface area contributed by atoms with E-state index in [2.05, 4.69) is 0 Å². The lowest BCUT2D eigenvalue weighted by Crippen LogP contribution is -2.50. The summed E-state index contributed by atoms with van der Waals surface area (Å²) in [7, 11) is 2.67. The minimum Gasteiger partial charge on any atom is -0.468 e. The summed E-state index contributed by atoms with van der Waals surface area (Å²) in [4.78, 5) is 41.1. The lowest BCUT2D eigenvalue weighted by molar-refractivity contribution is -0.144. The SMILES string of the molecule is COC(=O)[C@@H](c1ccccc1)[C@H]1CC[C@H]([C@@H](C(=O)OC)c2ccccc2)N1C(=O)OC(C)(C)C. The fraction of sp³-hybridized carbons (Fsp3) is 0.444. The van der Waals surface area contributed by atoms with Crippen molar-refractivity contribution in [3.63, 3.8) is 0 Å². The van der Waals surface area contributed by atoms with Crippen LogP contribution in [0.3, 0.4) is 0 Å². The van der Waals surface area contributed by atoms with Crippen molar-refractivity contribution in [3.05, 3.63) is 71.8 Å². The standard InChI is InChI=1S/C27H33NO6/c1-27(2,3)34-26(31)28-20(22(24(29)32-4)18-12-8-6-9-13-18)16-17-21(28)23(25(30)33-5)19-14-10-7-11-15-19/h6-15,20-23H,16-17H2,1-5H3/t20-,21-,22+,23+/m1/s1. The topological polar surface area (TPSA) is 82.1 Å². The van der Waals surface area contributed by atoms with E-state index in [0.717, 1.165) is 11.1 Å². The van der Waals surface area contributed by atoms with Crippen molar-refractivity contribution >= 4 is 18.0 Å². The molecule has 3 rings (SSSR count). The highest BCUT2D eigenvalue weighted by Crippen LogP contribution is 2.42. The summed E-state index contributed by atoms with van der Waals surface area (Å²) >= 11 is 0. The van der Waals surface area contributed by atoms with E-state index in [-0.39, 0.29) is 0 Å². The van der Waals surface area contributed by atoms with Crippen LogP contribution in [0.4, 0.5) is 4.79 Å². The Balaban J connectivity index is 2.10. The average Bonchev–Trinajstić information content (AvgIpc) is 3.23. The Kier molecular flexibility index (Phi) is 7.97. The van der Waals surface area contributed by atoms with Crippen molar-refractivity contribution in [1.82, 2.24) is 4.90 Å². The zero-order valence-electron chi connectivity index (χ0n) is 20.4. The third kappa shape index (κ3) is 5.58. The van der Waals surface area contributed by atoms with Crippen molar-refractivity contribution in [2.24, 2.45) is 0 Å². The first-order chi connectivity index (χ1) is 16.2. The molecule has 0 bridgehead atoms. The number of amides is 1. The van der Waals surface area contributed by atoms with Crippen molar-refractivity contribution in [2.45, 2.75) is 63.1 Å². The number of methoxy groups -OCH3 is 2. The Morgan fingerprint density at radius 3 is 1.47 bits per heavy atom. The van der Waals surface area contributed by atoms with Gasteiger partial charge in [0.05, 0.1) is 26.3 Å². The van der Waals surface area contributed by atoms with Gasteiger partial charge < -0.3 is 14.2 Å². The minimum absolute atomic E-state index is 0.445. The molecule has 1 aliphatic heterocycles. The molecule has 1 fully saturated rings. The molecule has 7 nitrogen and oxygen atoms in total. The molecule has 0 N–H and O–H groups in total. The molecule has 182 valence electrons. The molecule has 0 saturated carbocycles. The van der Waals surface area contributed by atoms with Crippen molar-refractivity contribution in [3.8, 4) is 0 Å². The van der Waals surface area contributed by atoms with Gasteiger partial charge in [-0.2, -0.15) is 0 Å². The van der Waals surface area contributed by atoms with Crippen LogP contribution in [0.25, 0.3) is 0 Å². The summed E-state index contributed by atoms with van der Waals surface area (Å²) in [6.45, 7) is 5.36. The fourth-order valence-electron chi connectivity index (χ4n) is 4.71. The van der Waals surface area contributed by atoms with Crippen LogP contribution in [0.15, 0.2) is 60.7 Å². The Hall–Kier alpha value is -3.35. The molecule has 0 radical (unpaired) electrons. The molecule has 4 atom stereocenters. The highest BCUT2D eigenvalue weighted by molar-refractivity contribution is 5.83. The summed E-state index contributed by atoms with van der Waals surface area (Å²) < 4.78 is 16.1. The molecule has 1 amide bonds. The first kappa shape index (κ1) is 25.3. The minimum atomic E-state index is -0.754. The van der Waals surface area contributed by atoms with E-state index in [4.69, 9.17) is 14.2 Å². The number of rotatable bonds is 6. The zero-order valence-corrected chi connectivity index (χ0v) is 20.4. The van der Waals surface area contributed by atoms with Crippen molar-refractivity contribution in [1.29, 1.82) is 0 Å². The second kappa shape index (κ2) is 10.7. The van der Waals surface area contributed by atoms with Crippen LogP contribution in [-0.2, 0) is 23.8 Å². The summed E-state index contributed by atoms with van der Waals surface area (Å²) in [6.07, 6.45) is 0.423. The van der Waals surface area contributed by atoms with Gasteiger partial charge in [-0.15, -0.1) is 0 Å². The molecule has 2 aromatic carbocycles. The van der Waals surface area contributed by atoms with Gasteiger partial charge in [0, 0.05) is 0 Å². The van der Waals surface area contributed by atoms with Gasteiger partial charge in [0.25, 0.3) is 0 Å². The first-order valence-corrected chi connectivity index (χ1v) is 11.4. The smallest absolute Gasteiger partial charge is 0.410 e. The predicted molar refractivity (Wildman–Crippen MR) is 127 cm³/mol. The summed E-state index contributed by atoms with van der Waals surface area (Å²) in [5.41, 5.74) is 0.723. The summed E-state index contributed by atoms with van der Waals surface area (Å²) in [5, 5.41) is 0. The monoisotopic (exact) mass is 467 g/mol. The van der Waals surface area contributed by atoms with Crippen LogP contribution in [0.5, 0.6) is 0 Å². The molecular weight excluding hydrogens is 434 g/mol. The van der Waals surface area contributed by atoms with E-state index in [0.29, 0.717) is 12.8 Å². The molecule has 0 aliphatic carbocycles. The maximum absolute atomic E-state index is 13.6. The summed E-state index contributed by atoms with van der Waals surface area (Å²) in [5.74, 6) is -2.34. The van der Waals surface area contributed by atoms with E-state index < -0.39 is 47.6 Å². The quantitative estimate of drug-likeness (QED) is 0.454. The Labute approximate surface area is 201 Å². The fourth-order valence-corrected chi connectivity index (χ4v) is 4.71. The van der Waals surface area contributed by atoms with Gasteiger partial charge in [-0.1, -0.05) is 60.7 Å². The van der Waals surface area contributed by atoms with Gasteiger partial charge in [0.15, 0.2) is 0 Å². The van der Waals surface area contributed by atoms with E-state index in [1.54, 1.807) is 25.7 Å². The van der Waals surface area contributed by atoms with Gasteiger partial charge >= 0.3 is 18.0 Å². The number of carbonyl (C=O) groups is 3. The van der Waals surface area contributed by atoms with Crippen molar-refractivity contribution in [2.75, 3.05) is 14.2 Å². The Bertz CT molecular complexity index is 918. The maximum atomic E-state index is 13.6. The molecule has 1 saturated heterocycles. The van der Waals surface area contributed by atoms with Gasteiger partial charge in [0.2, 0.25) is 0 Å². The number of benzene rings is 2. The molecule has 2 aromatic rings. The Morgan fingerprint density at radius 1 is 0.765 bits per heavy atom. The van der Waals surface area contributed by atoms with Crippen LogP contribution in [0.1, 0.15) is 56.6 Å². The molecule has 1 aliphatic rings. The lowest BCUT2D eigenvalue weighted by Gasteiger charge is -2.37. The molecule has 0 unspecified atom stereocenters. The second-order valence-electron chi connectivity index (χ2n) is 9.42. The normalized spacial score (nSPS) is 19.7. The van der Waals surface area contributed by atoms with Crippen LogP contribution in [0.2, 0.25) is 0 Å². The number of esters is 2. The van der Waals surface area contributed by atoms with E-state index in [1.165, 1.54) is 14.2 Å². The molecule has 0 spiro atoms. The van der Waals surface area contributed by atoms with Crippen LogP contribution < -0.4 is 0 Å². The number of hydrogen-bond donors (Lipinski definition) is 0. The molecule has 0 aromatic heterocycles. The maximum Gasteiger partial charge on any atom is 0.410 e. The van der Waals surface area contributed by atoms with Gasteiger partial charge in [-0.05, 0) is 44.7 Å². The predicted octanol–water partition coefficient (Wildman–Crippen LogP) is 4.67.